The average molecular weight is 475 g/mol. The third-order valence-electron chi connectivity index (χ3n) is 5.11. The molecule has 0 unspecified atom stereocenters. The first-order chi connectivity index (χ1) is 15.5. The number of hydrogen-bond acceptors (Lipinski definition) is 6. The van der Waals surface area contributed by atoms with Gasteiger partial charge in [-0.15, -0.1) is 0 Å². The maximum atomic E-state index is 12.8. The molecule has 0 aliphatic carbocycles. The van der Waals surface area contributed by atoms with Gasteiger partial charge in [-0.1, -0.05) is 23.7 Å². The van der Waals surface area contributed by atoms with Crippen molar-refractivity contribution in [1.82, 2.24) is 5.32 Å². The number of hydrogen-bond donors (Lipinski definition) is 2. The van der Waals surface area contributed by atoms with Crippen LogP contribution >= 0.6 is 11.6 Å². The van der Waals surface area contributed by atoms with Crippen molar-refractivity contribution in [1.29, 1.82) is 0 Å². The Bertz CT molecular complexity index is 1050. The summed E-state index contributed by atoms with van der Waals surface area (Å²) in [6.45, 7) is 6.60. The van der Waals surface area contributed by atoms with Gasteiger partial charge in [-0.25, -0.2) is 4.79 Å². The van der Waals surface area contributed by atoms with Crippen LogP contribution in [0.15, 0.2) is 42.5 Å². The third kappa shape index (κ3) is 6.58. The molecular weight excluding hydrogens is 448 g/mol. The van der Waals surface area contributed by atoms with Crippen molar-refractivity contribution in [2.75, 3.05) is 23.3 Å². The molecule has 2 amide bonds. The lowest BCUT2D eigenvalue weighted by atomic mass is 10.0. The largest absolute Gasteiger partial charge is 0.444 e. The van der Waals surface area contributed by atoms with Crippen molar-refractivity contribution in [3.63, 3.8) is 0 Å². The number of carbonyl (C=O) groups is 2. The van der Waals surface area contributed by atoms with Crippen LogP contribution in [0.5, 0.6) is 0 Å². The van der Waals surface area contributed by atoms with Crippen LogP contribution in [0.25, 0.3) is 0 Å². The average Bonchev–Trinajstić information content (AvgIpc) is 2.73. The molecule has 1 fully saturated rings. The summed E-state index contributed by atoms with van der Waals surface area (Å²) >= 11 is 6.13. The van der Waals surface area contributed by atoms with Crippen molar-refractivity contribution >= 4 is 40.7 Å². The van der Waals surface area contributed by atoms with Crippen LogP contribution in [0.2, 0.25) is 5.02 Å². The van der Waals surface area contributed by atoms with Gasteiger partial charge in [-0.05, 0) is 51.8 Å². The smallest absolute Gasteiger partial charge is 0.407 e. The highest BCUT2D eigenvalue weighted by atomic mass is 35.5. The van der Waals surface area contributed by atoms with E-state index in [2.05, 4.69) is 10.6 Å². The van der Waals surface area contributed by atoms with Gasteiger partial charge in [0.1, 0.15) is 5.60 Å². The molecule has 0 radical (unpaired) electrons. The molecule has 176 valence electrons. The van der Waals surface area contributed by atoms with Gasteiger partial charge in [0.05, 0.1) is 26.9 Å². The van der Waals surface area contributed by atoms with E-state index in [1.54, 1.807) is 30.3 Å². The number of ether oxygens (including phenoxy) is 1. The highest BCUT2D eigenvalue weighted by molar-refractivity contribution is 6.34. The second kappa shape index (κ2) is 10.1. The number of nitrogens with one attached hydrogen (secondary N) is 2. The molecule has 2 aromatic carbocycles. The fourth-order valence-electron chi connectivity index (χ4n) is 3.59. The van der Waals surface area contributed by atoms with Crippen LogP contribution in [0, 0.1) is 10.1 Å². The SMILES string of the molecule is CC(C)(C)OC(=O)NC1CCN(c2ccc([N+](=O)[O-])cc2NC(=O)c2ccccc2Cl)CC1. The van der Waals surface area contributed by atoms with Crippen LogP contribution in [0.4, 0.5) is 21.9 Å². The maximum Gasteiger partial charge on any atom is 0.407 e. The molecule has 2 aromatic rings. The van der Waals surface area contributed by atoms with E-state index in [0.717, 1.165) is 0 Å². The van der Waals surface area contributed by atoms with Crippen molar-refractivity contribution < 1.29 is 19.2 Å². The fourth-order valence-corrected chi connectivity index (χ4v) is 3.81. The van der Waals surface area contributed by atoms with Gasteiger partial charge in [-0.2, -0.15) is 0 Å². The quantitative estimate of drug-likeness (QED) is 0.466. The molecule has 0 spiro atoms. The molecule has 3 rings (SSSR count). The van der Waals surface area contributed by atoms with Crippen LogP contribution in [-0.4, -0.2) is 41.7 Å². The second-order valence-electron chi connectivity index (χ2n) is 8.80. The zero-order valence-corrected chi connectivity index (χ0v) is 19.5. The first-order valence-corrected chi connectivity index (χ1v) is 11.0. The number of rotatable bonds is 5. The molecule has 9 nitrogen and oxygen atoms in total. The summed E-state index contributed by atoms with van der Waals surface area (Å²) in [7, 11) is 0. The summed E-state index contributed by atoms with van der Waals surface area (Å²) in [6, 6.07) is 10.9. The van der Waals surface area contributed by atoms with E-state index in [4.69, 9.17) is 16.3 Å². The number of alkyl carbamates (subject to hydrolysis) is 1. The molecule has 1 heterocycles. The zero-order chi connectivity index (χ0) is 24.2. The van der Waals surface area contributed by atoms with E-state index in [0.29, 0.717) is 37.3 Å². The van der Waals surface area contributed by atoms with Crippen LogP contribution in [-0.2, 0) is 4.74 Å². The van der Waals surface area contributed by atoms with Crippen molar-refractivity contribution in [2.45, 2.75) is 45.3 Å². The Morgan fingerprint density at radius 1 is 1.15 bits per heavy atom. The van der Waals surface area contributed by atoms with E-state index in [1.807, 2.05) is 25.7 Å². The molecule has 0 atom stereocenters. The molecule has 0 saturated carbocycles. The number of anilines is 2. The Kier molecular flexibility index (Phi) is 7.43. The predicted molar refractivity (Wildman–Crippen MR) is 127 cm³/mol. The second-order valence-corrected chi connectivity index (χ2v) is 9.21. The Hall–Kier alpha value is -3.33. The lowest BCUT2D eigenvalue weighted by Gasteiger charge is -2.35. The van der Waals surface area contributed by atoms with Crippen molar-refractivity contribution in [2.24, 2.45) is 0 Å². The summed E-state index contributed by atoms with van der Waals surface area (Å²) in [4.78, 5) is 37.7. The number of non-ortho nitro benzene ring substituents is 1. The zero-order valence-electron chi connectivity index (χ0n) is 18.8. The number of nitro benzene ring substituents is 1. The van der Waals surface area contributed by atoms with E-state index in [9.17, 15) is 19.7 Å². The highest BCUT2D eigenvalue weighted by Crippen LogP contribution is 2.33. The predicted octanol–water partition coefficient (Wildman–Crippen LogP) is 4.99. The molecule has 33 heavy (non-hydrogen) atoms. The van der Waals surface area contributed by atoms with E-state index < -0.39 is 22.5 Å². The Morgan fingerprint density at radius 3 is 2.42 bits per heavy atom. The molecule has 2 N–H and O–H groups in total. The van der Waals surface area contributed by atoms with E-state index in [1.165, 1.54) is 12.1 Å². The number of benzene rings is 2. The Balaban J connectivity index is 1.74. The van der Waals surface area contributed by atoms with Gasteiger partial charge in [-0.3, -0.25) is 14.9 Å². The standard InChI is InChI=1S/C23H27ClN4O5/c1-23(2,3)33-22(30)25-15-10-12-27(13-11-15)20-9-8-16(28(31)32)14-19(20)26-21(29)17-6-4-5-7-18(17)24/h4-9,14-15H,10-13H2,1-3H3,(H,25,30)(H,26,29). The molecule has 10 heteroatoms. The molecule has 0 aromatic heterocycles. The minimum atomic E-state index is -0.571. The first kappa shape index (κ1) is 24.3. The summed E-state index contributed by atoms with van der Waals surface area (Å²) in [6.07, 6.45) is 0.867. The van der Waals surface area contributed by atoms with E-state index in [-0.39, 0.29) is 22.3 Å². The van der Waals surface area contributed by atoms with Gasteiger partial charge in [0, 0.05) is 31.3 Å². The van der Waals surface area contributed by atoms with Gasteiger partial charge in [0.25, 0.3) is 11.6 Å². The minimum absolute atomic E-state index is 0.0460. The molecule has 1 saturated heterocycles. The third-order valence-corrected chi connectivity index (χ3v) is 5.44. The molecule has 1 aliphatic rings. The number of nitro groups is 1. The number of carbonyl (C=O) groups excluding carboxylic acids is 2. The summed E-state index contributed by atoms with van der Waals surface area (Å²) in [5.41, 5.74) is 0.564. The van der Waals surface area contributed by atoms with Crippen molar-refractivity contribution in [3.05, 3.63) is 63.2 Å². The normalized spacial score (nSPS) is 14.5. The number of amides is 2. The fraction of sp³-hybridized carbons (Fsp3) is 0.391. The minimum Gasteiger partial charge on any atom is -0.444 e. The Morgan fingerprint density at radius 2 is 1.82 bits per heavy atom. The molecule has 0 bridgehead atoms. The summed E-state index contributed by atoms with van der Waals surface area (Å²) in [5, 5.41) is 17.2. The van der Waals surface area contributed by atoms with Crippen molar-refractivity contribution in [3.8, 4) is 0 Å². The molecule has 1 aliphatic heterocycles. The monoisotopic (exact) mass is 474 g/mol. The highest BCUT2D eigenvalue weighted by Gasteiger charge is 2.26. The lowest BCUT2D eigenvalue weighted by molar-refractivity contribution is -0.384. The Labute approximate surface area is 197 Å². The van der Waals surface area contributed by atoms with Gasteiger partial charge < -0.3 is 20.3 Å². The van der Waals surface area contributed by atoms with Gasteiger partial charge in [0.15, 0.2) is 0 Å². The maximum absolute atomic E-state index is 12.8. The number of nitrogens with zero attached hydrogens (tertiary/aromatic N) is 2. The number of halogens is 1. The van der Waals surface area contributed by atoms with E-state index >= 15 is 0 Å². The van der Waals surface area contributed by atoms with Crippen LogP contribution in [0.3, 0.4) is 0 Å². The van der Waals surface area contributed by atoms with Gasteiger partial charge >= 0.3 is 6.09 Å². The summed E-state index contributed by atoms with van der Waals surface area (Å²) < 4.78 is 5.32. The van der Waals surface area contributed by atoms with Crippen LogP contribution in [0.1, 0.15) is 44.0 Å². The first-order valence-electron chi connectivity index (χ1n) is 10.6. The van der Waals surface area contributed by atoms with Gasteiger partial charge in [0.2, 0.25) is 0 Å². The van der Waals surface area contributed by atoms with Crippen LogP contribution < -0.4 is 15.5 Å². The molecular formula is C23H27ClN4O5. The number of piperidine rings is 1. The topological polar surface area (TPSA) is 114 Å². The lowest BCUT2D eigenvalue weighted by Crippen LogP contribution is -2.46. The summed E-state index contributed by atoms with van der Waals surface area (Å²) in [5.74, 6) is -0.455.